The summed E-state index contributed by atoms with van der Waals surface area (Å²) >= 11 is 0. The minimum Gasteiger partial charge on any atom is -0.497 e. The zero-order valence-corrected chi connectivity index (χ0v) is 21.6. The van der Waals surface area contributed by atoms with Gasteiger partial charge < -0.3 is 14.4 Å². The molecule has 38 heavy (non-hydrogen) atoms. The molecule has 0 atom stereocenters. The fourth-order valence-electron chi connectivity index (χ4n) is 4.95. The van der Waals surface area contributed by atoms with E-state index in [1.807, 2.05) is 55.5 Å². The second-order valence-corrected chi connectivity index (χ2v) is 9.17. The van der Waals surface area contributed by atoms with Crippen LogP contribution >= 0.6 is 0 Å². The van der Waals surface area contributed by atoms with Gasteiger partial charge in [0.2, 0.25) is 0 Å². The summed E-state index contributed by atoms with van der Waals surface area (Å²) in [4.78, 5) is 43.4. The van der Waals surface area contributed by atoms with Crippen molar-refractivity contribution in [3.63, 3.8) is 0 Å². The largest absolute Gasteiger partial charge is 0.497 e. The number of amides is 3. The Morgan fingerprint density at radius 2 is 1.42 bits per heavy atom. The van der Waals surface area contributed by atoms with Crippen molar-refractivity contribution < 1.29 is 23.9 Å². The molecule has 0 spiro atoms. The van der Waals surface area contributed by atoms with E-state index < -0.39 is 0 Å². The number of imide groups is 1. The number of ether oxygens (including phenoxy) is 2. The van der Waals surface area contributed by atoms with E-state index >= 15 is 0 Å². The number of methoxy groups -OCH3 is 2. The molecule has 0 aliphatic carbocycles. The van der Waals surface area contributed by atoms with Crippen LogP contribution in [0.4, 0.5) is 5.69 Å². The quantitative estimate of drug-likeness (QED) is 0.294. The van der Waals surface area contributed by atoms with E-state index in [0.29, 0.717) is 46.5 Å². The molecule has 0 N–H and O–H groups in total. The molecule has 0 bridgehead atoms. The van der Waals surface area contributed by atoms with Crippen molar-refractivity contribution in [1.29, 1.82) is 0 Å². The van der Waals surface area contributed by atoms with Gasteiger partial charge in [-0.05, 0) is 54.6 Å². The van der Waals surface area contributed by atoms with Crippen LogP contribution in [0.25, 0.3) is 10.8 Å². The van der Waals surface area contributed by atoms with E-state index in [-0.39, 0.29) is 24.3 Å². The Kier molecular flexibility index (Phi) is 6.83. The van der Waals surface area contributed by atoms with Gasteiger partial charge in [0.15, 0.2) is 0 Å². The van der Waals surface area contributed by atoms with Gasteiger partial charge in [-0.1, -0.05) is 42.5 Å². The van der Waals surface area contributed by atoms with Crippen LogP contribution in [-0.4, -0.2) is 49.9 Å². The monoisotopic (exact) mass is 508 g/mol. The lowest BCUT2D eigenvalue weighted by Crippen LogP contribution is -2.42. The maximum absolute atomic E-state index is 13.8. The highest BCUT2D eigenvalue weighted by Crippen LogP contribution is 2.31. The number of hydrogen-bond acceptors (Lipinski definition) is 5. The summed E-state index contributed by atoms with van der Waals surface area (Å²) in [6, 6.07) is 23.6. The smallest absolute Gasteiger partial charge is 0.261 e. The van der Waals surface area contributed by atoms with E-state index in [1.54, 1.807) is 35.2 Å². The highest BCUT2D eigenvalue weighted by atomic mass is 16.5. The van der Waals surface area contributed by atoms with Gasteiger partial charge in [-0.2, -0.15) is 0 Å². The van der Waals surface area contributed by atoms with Crippen LogP contribution in [0.2, 0.25) is 0 Å². The van der Waals surface area contributed by atoms with Crippen LogP contribution < -0.4 is 14.4 Å². The number of rotatable bonds is 8. The fourth-order valence-corrected chi connectivity index (χ4v) is 4.95. The van der Waals surface area contributed by atoms with Gasteiger partial charge >= 0.3 is 0 Å². The summed E-state index contributed by atoms with van der Waals surface area (Å²) in [5.74, 6) is 0.156. The van der Waals surface area contributed by atoms with Gasteiger partial charge in [0.05, 0.1) is 14.2 Å². The van der Waals surface area contributed by atoms with E-state index in [4.69, 9.17) is 9.47 Å². The molecule has 7 nitrogen and oxygen atoms in total. The lowest BCUT2D eigenvalue weighted by Gasteiger charge is -2.29. The van der Waals surface area contributed by atoms with Crippen LogP contribution in [0, 0.1) is 6.92 Å². The Morgan fingerprint density at radius 3 is 2.00 bits per heavy atom. The van der Waals surface area contributed by atoms with Crippen molar-refractivity contribution in [2.75, 3.05) is 32.2 Å². The number of hydrogen-bond donors (Lipinski definition) is 0. The molecule has 1 heterocycles. The standard InChI is InChI=1S/C31H28N2O5/c1-20-9-4-5-14-27(20)32(29(34)22-17-23(37-2)19-24(18-22)38-3)15-8-16-33-30(35)25-12-6-10-21-11-7-13-26(28(21)25)31(33)36/h4-7,9-14,17-19H,8,15-16H2,1-3H3. The fraction of sp³-hybridized carbons (Fsp3) is 0.194. The van der Waals surface area contributed by atoms with Crippen molar-refractivity contribution in [3.05, 3.63) is 101 Å². The molecular weight excluding hydrogens is 480 g/mol. The van der Waals surface area contributed by atoms with Gasteiger partial charge in [-0.25, -0.2) is 0 Å². The number of anilines is 1. The molecule has 0 aromatic heterocycles. The van der Waals surface area contributed by atoms with E-state index in [1.165, 1.54) is 19.1 Å². The van der Waals surface area contributed by atoms with E-state index in [0.717, 1.165) is 16.6 Å². The molecular formula is C31H28N2O5. The maximum atomic E-state index is 13.8. The molecule has 0 unspecified atom stereocenters. The summed E-state index contributed by atoms with van der Waals surface area (Å²) < 4.78 is 10.7. The number of para-hydroxylation sites is 1. The second-order valence-electron chi connectivity index (χ2n) is 9.17. The molecule has 4 aromatic rings. The average Bonchev–Trinajstić information content (AvgIpc) is 2.95. The molecule has 0 saturated carbocycles. The second kappa shape index (κ2) is 10.4. The maximum Gasteiger partial charge on any atom is 0.261 e. The SMILES string of the molecule is COc1cc(OC)cc(C(=O)N(CCCN2C(=O)c3cccc4cccc(c34)C2=O)c2ccccc2C)c1. The number of benzene rings is 4. The first kappa shape index (κ1) is 25.0. The van der Waals surface area contributed by atoms with Crippen LogP contribution in [0.5, 0.6) is 11.5 Å². The minimum absolute atomic E-state index is 0.180. The summed E-state index contributed by atoms with van der Waals surface area (Å²) in [6.07, 6.45) is 0.400. The van der Waals surface area contributed by atoms with Crippen molar-refractivity contribution in [2.45, 2.75) is 13.3 Å². The van der Waals surface area contributed by atoms with Crippen LogP contribution in [0.1, 0.15) is 43.1 Å². The minimum atomic E-state index is -0.314. The first-order valence-electron chi connectivity index (χ1n) is 12.4. The van der Waals surface area contributed by atoms with Gasteiger partial charge in [0, 0.05) is 46.9 Å². The lowest BCUT2D eigenvalue weighted by molar-refractivity contribution is 0.0610. The number of carbonyl (C=O) groups excluding carboxylic acids is 3. The summed E-state index contributed by atoms with van der Waals surface area (Å²) in [7, 11) is 3.07. The lowest BCUT2D eigenvalue weighted by atomic mass is 9.94. The molecule has 1 aliphatic rings. The summed E-state index contributed by atoms with van der Waals surface area (Å²) in [5.41, 5.74) is 3.14. The molecule has 0 saturated heterocycles. The van der Waals surface area contributed by atoms with Crippen molar-refractivity contribution in [1.82, 2.24) is 4.90 Å². The van der Waals surface area contributed by atoms with Crippen molar-refractivity contribution in [2.24, 2.45) is 0 Å². The molecule has 4 aromatic carbocycles. The third kappa shape index (κ3) is 4.47. The predicted molar refractivity (Wildman–Crippen MR) is 146 cm³/mol. The highest BCUT2D eigenvalue weighted by molar-refractivity contribution is 6.25. The van der Waals surface area contributed by atoms with Gasteiger partial charge in [-0.3, -0.25) is 19.3 Å². The normalized spacial score (nSPS) is 12.6. The Labute approximate surface area is 221 Å². The van der Waals surface area contributed by atoms with Crippen molar-refractivity contribution in [3.8, 4) is 11.5 Å². The van der Waals surface area contributed by atoms with Crippen LogP contribution in [0.3, 0.4) is 0 Å². The van der Waals surface area contributed by atoms with Crippen molar-refractivity contribution >= 4 is 34.2 Å². The average molecular weight is 509 g/mol. The number of aryl methyl sites for hydroxylation is 1. The van der Waals surface area contributed by atoms with Crippen LogP contribution in [0.15, 0.2) is 78.9 Å². The van der Waals surface area contributed by atoms with Gasteiger partial charge in [0.1, 0.15) is 11.5 Å². The van der Waals surface area contributed by atoms with Crippen LogP contribution in [-0.2, 0) is 0 Å². The zero-order chi connectivity index (χ0) is 26.8. The Balaban J connectivity index is 1.42. The Hall–Kier alpha value is -4.65. The van der Waals surface area contributed by atoms with E-state index in [2.05, 4.69) is 0 Å². The van der Waals surface area contributed by atoms with Gasteiger partial charge in [0.25, 0.3) is 17.7 Å². The first-order valence-corrected chi connectivity index (χ1v) is 12.4. The van der Waals surface area contributed by atoms with E-state index in [9.17, 15) is 14.4 Å². The molecule has 7 heteroatoms. The summed E-state index contributed by atoms with van der Waals surface area (Å²) in [5, 5.41) is 1.57. The highest BCUT2D eigenvalue weighted by Gasteiger charge is 2.32. The first-order chi connectivity index (χ1) is 18.4. The Morgan fingerprint density at radius 1 is 0.816 bits per heavy atom. The molecule has 192 valence electrons. The zero-order valence-electron chi connectivity index (χ0n) is 21.6. The third-order valence-electron chi connectivity index (χ3n) is 6.87. The predicted octanol–water partition coefficient (Wildman–Crippen LogP) is 5.50. The Bertz CT molecular complexity index is 1490. The molecule has 0 fully saturated rings. The summed E-state index contributed by atoms with van der Waals surface area (Å²) in [6.45, 7) is 2.42. The van der Waals surface area contributed by atoms with Gasteiger partial charge in [-0.15, -0.1) is 0 Å². The molecule has 3 amide bonds. The molecule has 0 radical (unpaired) electrons. The number of nitrogens with zero attached hydrogens (tertiary/aromatic N) is 2. The molecule has 1 aliphatic heterocycles. The number of carbonyl (C=O) groups is 3. The topological polar surface area (TPSA) is 76.2 Å². The third-order valence-corrected chi connectivity index (χ3v) is 6.87. The molecule has 5 rings (SSSR count).